The normalized spacial score (nSPS) is 12.6. The van der Waals surface area contributed by atoms with Crippen molar-refractivity contribution in [1.29, 1.82) is 0 Å². The number of aromatic amines is 1. The molecule has 1 aromatic carbocycles. The molecule has 18 heavy (non-hydrogen) atoms. The van der Waals surface area contributed by atoms with Crippen molar-refractivity contribution in [3.63, 3.8) is 0 Å². The monoisotopic (exact) mass is 309 g/mol. The van der Waals surface area contributed by atoms with Gasteiger partial charge in [-0.05, 0) is 12.5 Å². The smallest absolute Gasteiger partial charge is 0.123 e. The Bertz CT molecular complexity index is 512. The fourth-order valence-electron chi connectivity index (χ4n) is 1.72. The van der Waals surface area contributed by atoms with Crippen molar-refractivity contribution in [3.05, 3.63) is 40.8 Å². The number of hydrogen-bond acceptors (Lipinski definition) is 3. The van der Waals surface area contributed by atoms with Gasteiger partial charge in [-0.3, -0.25) is 0 Å². The van der Waals surface area contributed by atoms with E-state index in [1.807, 2.05) is 30.5 Å². The molecule has 1 unspecified atom stereocenters. The second-order valence-corrected chi connectivity index (χ2v) is 4.90. The molecule has 0 aliphatic rings. The molecule has 0 spiro atoms. The summed E-state index contributed by atoms with van der Waals surface area (Å²) in [6, 6.07) is 7.88. The standard InChI is InChI=1S/C13H16BrN3O/c1-18-7-6-11(15)13-16-8-12(17-13)9-4-2-3-5-10(9)14/h2-5,8,11H,6-7,15H2,1H3,(H,16,17). The third kappa shape index (κ3) is 2.98. The number of nitrogens with one attached hydrogen (secondary N) is 1. The minimum absolute atomic E-state index is 0.124. The molecule has 0 radical (unpaired) electrons. The Morgan fingerprint density at radius 2 is 2.22 bits per heavy atom. The summed E-state index contributed by atoms with van der Waals surface area (Å²) in [5.74, 6) is 0.790. The lowest BCUT2D eigenvalue weighted by Gasteiger charge is -2.07. The number of H-pyrrole nitrogens is 1. The molecule has 0 bridgehead atoms. The zero-order chi connectivity index (χ0) is 13.0. The van der Waals surface area contributed by atoms with Gasteiger partial charge in [0.2, 0.25) is 0 Å². The van der Waals surface area contributed by atoms with E-state index in [1.165, 1.54) is 0 Å². The van der Waals surface area contributed by atoms with Crippen LogP contribution in [-0.2, 0) is 4.74 Å². The quantitative estimate of drug-likeness (QED) is 0.892. The van der Waals surface area contributed by atoms with E-state index in [2.05, 4.69) is 25.9 Å². The Balaban J connectivity index is 2.18. The lowest BCUT2D eigenvalue weighted by Crippen LogP contribution is -2.14. The highest BCUT2D eigenvalue weighted by Crippen LogP contribution is 2.27. The fraction of sp³-hybridized carbons (Fsp3) is 0.308. The van der Waals surface area contributed by atoms with Crippen molar-refractivity contribution >= 4 is 15.9 Å². The molecule has 0 fully saturated rings. The average molecular weight is 310 g/mol. The number of rotatable bonds is 5. The third-order valence-corrected chi connectivity index (χ3v) is 3.44. The molecule has 2 aromatic rings. The van der Waals surface area contributed by atoms with Crippen molar-refractivity contribution in [3.8, 4) is 11.3 Å². The molecule has 4 nitrogen and oxygen atoms in total. The number of halogens is 1. The maximum Gasteiger partial charge on any atom is 0.123 e. The molecule has 0 aliphatic heterocycles. The first-order valence-electron chi connectivity index (χ1n) is 5.76. The summed E-state index contributed by atoms with van der Waals surface area (Å²) < 4.78 is 6.05. The minimum atomic E-state index is -0.124. The zero-order valence-electron chi connectivity index (χ0n) is 10.2. The van der Waals surface area contributed by atoms with Crippen LogP contribution in [0.25, 0.3) is 11.3 Å². The molecule has 0 saturated carbocycles. The summed E-state index contributed by atoms with van der Waals surface area (Å²) in [4.78, 5) is 7.59. The van der Waals surface area contributed by atoms with Crippen LogP contribution in [0.3, 0.4) is 0 Å². The summed E-state index contributed by atoms with van der Waals surface area (Å²) in [5, 5.41) is 0. The van der Waals surface area contributed by atoms with E-state index in [-0.39, 0.29) is 6.04 Å². The Morgan fingerprint density at radius 1 is 1.44 bits per heavy atom. The van der Waals surface area contributed by atoms with Crippen molar-refractivity contribution in [2.45, 2.75) is 12.5 Å². The van der Waals surface area contributed by atoms with E-state index in [1.54, 1.807) is 7.11 Å². The van der Waals surface area contributed by atoms with Crippen LogP contribution in [0.5, 0.6) is 0 Å². The van der Waals surface area contributed by atoms with Crippen molar-refractivity contribution in [1.82, 2.24) is 9.97 Å². The lowest BCUT2D eigenvalue weighted by atomic mass is 10.2. The molecular weight excluding hydrogens is 294 g/mol. The van der Waals surface area contributed by atoms with Crippen LogP contribution >= 0.6 is 15.9 Å². The van der Waals surface area contributed by atoms with Crippen LogP contribution in [0, 0.1) is 0 Å². The number of imidazole rings is 1. The Morgan fingerprint density at radius 3 is 2.94 bits per heavy atom. The highest BCUT2D eigenvalue weighted by molar-refractivity contribution is 9.10. The number of aromatic nitrogens is 2. The van der Waals surface area contributed by atoms with Gasteiger partial charge < -0.3 is 15.5 Å². The number of hydrogen-bond donors (Lipinski definition) is 2. The molecule has 3 N–H and O–H groups in total. The molecule has 0 amide bonds. The van der Waals surface area contributed by atoms with Crippen LogP contribution in [0.15, 0.2) is 34.9 Å². The maximum absolute atomic E-state index is 6.03. The second kappa shape index (κ2) is 6.13. The van der Waals surface area contributed by atoms with Gasteiger partial charge in [-0.15, -0.1) is 0 Å². The summed E-state index contributed by atoms with van der Waals surface area (Å²) >= 11 is 3.52. The minimum Gasteiger partial charge on any atom is -0.385 e. The number of methoxy groups -OCH3 is 1. The topological polar surface area (TPSA) is 63.9 Å². The van der Waals surface area contributed by atoms with Gasteiger partial charge in [0.05, 0.1) is 17.9 Å². The van der Waals surface area contributed by atoms with E-state index in [9.17, 15) is 0 Å². The van der Waals surface area contributed by atoms with Gasteiger partial charge in [0, 0.05) is 23.8 Å². The fourth-order valence-corrected chi connectivity index (χ4v) is 2.22. The first-order valence-corrected chi connectivity index (χ1v) is 6.56. The van der Waals surface area contributed by atoms with Crippen LogP contribution in [0.2, 0.25) is 0 Å². The van der Waals surface area contributed by atoms with Gasteiger partial charge in [0.25, 0.3) is 0 Å². The number of nitrogens with two attached hydrogens (primary N) is 1. The SMILES string of the molecule is COCCC(N)c1ncc(-c2ccccc2Br)[nH]1. The van der Waals surface area contributed by atoms with E-state index in [4.69, 9.17) is 10.5 Å². The molecule has 5 heteroatoms. The highest BCUT2D eigenvalue weighted by atomic mass is 79.9. The van der Waals surface area contributed by atoms with Crippen molar-refractivity contribution in [2.24, 2.45) is 5.73 Å². The van der Waals surface area contributed by atoms with Crippen LogP contribution < -0.4 is 5.73 Å². The van der Waals surface area contributed by atoms with E-state index in [0.717, 1.165) is 28.0 Å². The van der Waals surface area contributed by atoms with E-state index < -0.39 is 0 Å². The van der Waals surface area contributed by atoms with Gasteiger partial charge in [-0.2, -0.15) is 0 Å². The Hall–Kier alpha value is -1.17. The van der Waals surface area contributed by atoms with Crippen molar-refractivity contribution in [2.75, 3.05) is 13.7 Å². The number of nitrogens with zero attached hydrogens (tertiary/aromatic N) is 1. The first-order chi connectivity index (χ1) is 8.72. The lowest BCUT2D eigenvalue weighted by molar-refractivity contribution is 0.187. The first kappa shape index (κ1) is 13.3. The zero-order valence-corrected chi connectivity index (χ0v) is 11.8. The summed E-state index contributed by atoms with van der Waals surface area (Å²) in [6.45, 7) is 0.631. The van der Waals surface area contributed by atoms with Gasteiger partial charge in [0.15, 0.2) is 0 Å². The van der Waals surface area contributed by atoms with Gasteiger partial charge >= 0.3 is 0 Å². The van der Waals surface area contributed by atoms with Crippen LogP contribution in [-0.4, -0.2) is 23.7 Å². The molecule has 1 atom stereocenters. The van der Waals surface area contributed by atoms with Gasteiger partial charge in [-0.25, -0.2) is 4.98 Å². The molecule has 0 saturated heterocycles. The molecule has 1 heterocycles. The molecule has 96 valence electrons. The number of benzene rings is 1. The summed E-state index contributed by atoms with van der Waals surface area (Å²) in [6.07, 6.45) is 2.56. The van der Waals surface area contributed by atoms with E-state index >= 15 is 0 Å². The molecule has 1 aromatic heterocycles. The van der Waals surface area contributed by atoms with Crippen LogP contribution in [0.4, 0.5) is 0 Å². The summed E-state index contributed by atoms with van der Waals surface area (Å²) in [5.41, 5.74) is 8.07. The molecule has 2 rings (SSSR count). The predicted octanol–water partition coefficient (Wildman–Crippen LogP) is 2.88. The Kier molecular flexibility index (Phi) is 4.52. The Labute approximate surface area is 115 Å². The second-order valence-electron chi connectivity index (χ2n) is 4.05. The van der Waals surface area contributed by atoms with Gasteiger partial charge in [-0.1, -0.05) is 34.1 Å². The largest absolute Gasteiger partial charge is 0.385 e. The third-order valence-electron chi connectivity index (χ3n) is 2.74. The maximum atomic E-state index is 6.03. The molecule has 0 aliphatic carbocycles. The van der Waals surface area contributed by atoms with Gasteiger partial charge in [0.1, 0.15) is 5.82 Å². The van der Waals surface area contributed by atoms with Crippen molar-refractivity contribution < 1.29 is 4.74 Å². The van der Waals surface area contributed by atoms with E-state index in [0.29, 0.717) is 6.61 Å². The predicted molar refractivity (Wildman–Crippen MR) is 75.1 cm³/mol. The van der Waals surface area contributed by atoms with Crippen LogP contribution in [0.1, 0.15) is 18.3 Å². The number of ether oxygens (including phenoxy) is 1. The summed E-state index contributed by atoms with van der Waals surface area (Å²) in [7, 11) is 1.67. The molecular formula is C13H16BrN3O. The highest BCUT2D eigenvalue weighted by Gasteiger charge is 2.11. The average Bonchev–Trinajstić information content (AvgIpc) is 2.86.